The Morgan fingerprint density at radius 1 is 0.889 bits per heavy atom. The lowest BCUT2D eigenvalue weighted by Crippen LogP contribution is -2.48. The smallest absolute Gasteiger partial charge is 0.290 e. The van der Waals surface area contributed by atoms with Crippen molar-refractivity contribution >= 4 is 18.2 Å². The summed E-state index contributed by atoms with van der Waals surface area (Å²) in [6, 6.07) is 0. The Kier molecular flexibility index (Phi) is 5.11. The molecule has 146 valence electrons. The molecule has 0 saturated carbocycles. The van der Waals surface area contributed by atoms with E-state index in [-0.39, 0.29) is 11.8 Å². The van der Waals surface area contributed by atoms with Crippen molar-refractivity contribution < 1.29 is 19.1 Å². The van der Waals surface area contributed by atoms with Gasteiger partial charge in [0.25, 0.3) is 11.8 Å². The van der Waals surface area contributed by atoms with Gasteiger partial charge < -0.3 is 24.0 Å². The van der Waals surface area contributed by atoms with Crippen LogP contribution in [0.3, 0.4) is 0 Å². The van der Waals surface area contributed by atoms with Gasteiger partial charge in [-0.1, -0.05) is 0 Å². The molecule has 1 aromatic heterocycles. The number of rotatable bonds is 3. The fourth-order valence-electron chi connectivity index (χ4n) is 3.97. The molecule has 2 fully saturated rings. The number of ether oxygens (including phenoxy) is 1. The van der Waals surface area contributed by atoms with Gasteiger partial charge in [-0.05, 0) is 19.3 Å². The molecular formula is C18H25N5O4. The van der Waals surface area contributed by atoms with Gasteiger partial charge in [0.2, 0.25) is 6.41 Å². The second-order valence-corrected chi connectivity index (χ2v) is 7.18. The number of amides is 3. The van der Waals surface area contributed by atoms with Gasteiger partial charge in [-0.2, -0.15) is 0 Å². The molecule has 4 heterocycles. The van der Waals surface area contributed by atoms with Gasteiger partial charge in [-0.3, -0.25) is 14.4 Å². The van der Waals surface area contributed by atoms with E-state index in [0.29, 0.717) is 64.0 Å². The van der Waals surface area contributed by atoms with Crippen molar-refractivity contribution in [2.45, 2.75) is 25.8 Å². The van der Waals surface area contributed by atoms with Gasteiger partial charge in [0.05, 0.1) is 18.9 Å². The highest BCUT2D eigenvalue weighted by Gasteiger charge is 2.32. The zero-order valence-corrected chi connectivity index (χ0v) is 15.4. The van der Waals surface area contributed by atoms with Crippen LogP contribution in [-0.4, -0.2) is 95.0 Å². The number of carbonyl (C=O) groups is 3. The van der Waals surface area contributed by atoms with E-state index in [0.717, 1.165) is 37.9 Å². The first kappa shape index (κ1) is 18.0. The molecule has 0 spiro atoms. The molecule has 0 radical (unpaired) electrons. The van der Waals surface area contributed by atoms with E-state index in [1.807, 2.05) is 4.57 Å². The third-order valence-electron chi connectivity index (χ3n) is 5.56. The van der Waals surface area contributed by atoms with Crippen LogP contribution in [0.4, 0.5) is 0 Å². The Hall–Kier alpha value is -2.42. The zero-order chi connectivity index (χ0) is 18.8. The van der Waals surface area contributed by atoms with Crippen molar-refractivity contribution in [2.75, 3.05) is 52.5 Å². The number of carbonyl (C=O) groups excluding carboxylic acids is 3. The van der Waals surface area contributed by atoms with E-state index in [9.17, 15) is 14.4 Å². The number of hydrogen-bond acceptors (Lipinski definition) is 5. The lowest BCUT2D eigenvalue weighted by atomic mass is 10.1. The summed E-state index contributed by atoms with van der Waals surface area (Å²) in [6.07, 6.45) is 3.56. The van der Waals surface area contributed by atoms with Crippen LogP contribution in [0.1, 0.15) is 39.6 Å². The second kappa shape index (κ2) is 7.67. The summed E-state index contributed by atoms with van der Waals surface area (Å²) in [6.45, 7) is 4.96. The Labute approximate surface area is 157 Å². The van der Waals surface area contributed by atoms with Crippen LogP contribution in [0.2, 0.25) is 0 Å². The standard InChI is InChI=1S/C18H25N5O4/c24-13-20-5-7-21(8-6-20)17(25)15-14-3-1-2-4-23(14)16(19-15)18(26)22-9-11-27-12-10-22/h13H,1-12H2. The number of morpholine rings is 1. The lowest BCUT2D eigenvalue weighted by Gasteiger charge is -2.32. The van der Waals surface area contributed by atoms with E-state index in [4.69, 9.17) is 4.74 Å². The van der Waals surface area contributed by atoms with Gasteiger partial charge in [0.15, 0.2) is 5.82 Å². The maximum atomic E-state index is 13.1. The molecule has 0 bridgehead atoms. The molecular weight excluding hydrogens is 350 g/mol. The highest BCUT2D eigenvalue weighted by atomic mass is 16.5. The molecule has 3 aliphatic heterocycles. The van der Waals surface area contributed by atoms with E-state index < -0.39 is 0 Å². The van der Waals surface area contributed by atoms with E-state index in [1.54, 1.807) is 14.7 Å². The summed E-state index contributed by atoms with van der Waals surface area (Å²) in [5, 5.41) is 0. The molecule has 3 amide bonds. The van der Waals surface area contributed by atoms with Crippen LogP contribution in [0.15, 0.2) is 0 Å². The molecule has 9 heteroatoms. The van der Waals surface area contributed by atoms with Crippen molar-refractivity contribution in [3.63, 3.8) is 0 Å². The van der Waals surface area contributed by atoms with Crippen LogP contribution in [0.5, 0.6) is 0 Å². The summed E-state index contributed by atoms with van der Waals surface area (Å²) in [5.41, 5.74) is 1.28. The number of nitrogens with zero attached hydrogens (tertiary/aromatic N) is 5. The maximum Gasteiger partial charge on any atom is 0.290 e. The molecule has 0 aliphatic carbocycles. The minimum atomic E-state index is -0.132. The molecule has 0 aromatic carbocycles. The maximum absolute atomic E-state index is 13.1. The Morgan fingerprint density at radius 3 is 2.30 bits per heavy atom. The van der Waals surface area contributed by atoms with Crippen LogP contribution >= 0.6 is 0 Å². The fraction of sp³-hybridized carbons (Fsp3) is 0.667. The molecule has 0 unspecified atom stereocenters. The highest BCUT2D eigenvalue weighted by Crippen LogP contribution is 2.24. The number of hydrogen-bond donors (Lipinski definition) is 0. The summed E-state index contributed by atoms with van der Waals surface area (Å²) in [7, 11) is 0. The predicted molar refractivity (Wildman–Crippen MR) is 95.4 cm³/mol. The molecule has 9 nitrogen and oxygen atoms in total. The second-order valence-electron chi connectivity index (χ2n) is 7.18. The molecule has 4 rings (SSSR count). The number of piperazine rings is 1. The minimum absolute atomic E-state index is 0.119. The summed E-state index contributed by atoms with van der Waals surface area (Å²) < 4.78 is 7.27. The summed E-state index contributed by atoms with van der Waals surface area (Å²) in [5.74, 6) is 0.125. The Bertz CT molecular complexity index is 732. The van der Waals surface area contributed by atoms with Gasteiger partial charge in [-0.15, -0.1) is 0 Å². The minimum Gasteiger partial charge on any atom is -0.378 e. The monoisotopic (exact) mass is 375 g/mol. The van der Waals surface area contributed by atoms with E-state index >= 15 is 0 Å². The molecule has 0 atom stereocenters. The quantitative estimate of drug-likeness (QED) is 0.671. The van der Waals surface area contributed by atoms with Crippen LogP contribution < -0.4 is 0 Å². The molecule has 2 saturated heterocycles. The first-order chi connectivity index (χ1) is 13.2. The van der Waals surface area contributed by atoms with E-state index in [1.165, 1.54) is 0 Å². The van der Waals surface area contributed by atoms with Crippen molar-refractivity contribution in [3.8, 4) is 0 Å². The Morgan fingerprint density at radius 2 is 1.59 bits per heavy atom. The van der Waals surface area contributed by atoms with Crippen LogP contribution in [0.25, 0.3) is 0 Å². The number of imidazole rings is 1. The molecule has 3 aliphatic rings. The zero-order valence-electron chi connectivity index (χ0n) is 15.4. The molecule has 0 N–H and O–H groups in total. The average molecular weight is 375 g/mol. The van der Waals surface area contributed by atoms with Crippen molar-refractivity contribution in [3.05, 3.63) is 17.2 Å². The van der Waals surface area contributed by atoms with Crippen molar-refractivity contribution in [1.29, 1.82) is 0 Å². The van der Waals surface area contributed by atoms with Gasteiger partial charge in [-0.25, -0.2) is 4.98 Å². The first-order valence-corrected chi connectivity index (χ1v) is 9.64. The average Bonchev–Trinajstić information content (AvgIpc) is 3.13. The van der Waals surface area contributed by atoms with Gasteiger partial charge in [0, 0.05) is 45.8 Å². The van der Waals surface area contributed by atoms with Gasteiger partial charge in [0.1, 0.15) is 5.69 Å². The predicted octanol–water partition coefficient (Wildman–Crippen LogP) is -0.394. The first-order valence-electron chi connectivity index (χ1n) is 9.64. The Balaban J connectivity index is 1.59. The third-order valence-corrected chi connectivity index (χ3v) is 5.56. The number of aromatic nitrogens is 2. The van der Waals surface area contributed by atoms with Crippen molar-refractivity contribution in [2.24, 2.45) is 0 Å². The van der Waals surface area contributed by atoms with Gasteiger partial charge >= 0.3 is 0 Å². The fourth-order valence-corrected chi connectivity index (χ4v) is 3.97. The normalized spacial score (nSPS) is 20.4. The van der Waals surface area contributed by atoms with Crippen LogP contribution in [-0.2, 0) is 22.5 Å². The summed E-state index contributed by atoms with van der Waals surface area (Å²) >= 11 is 0. The summed E-state index contributed by atoms with van der Waals surface area (Å²) in [4.78, 5) is 46.6. The third kappa shape index (κ3) is 3.43. The SMILES string of the molecule is O=CN1CCN(C(=O)c2nc(C(=O)N3CCOCC3)n3c2CCCC3)CC1. The van der Waals surface area contributed by atoms with E-state index in [2.05, 4.69) is 4.98 Å². The molecule has 1 aromatic rings. The topological polar surface area (TPSA) is 88.0 Å². The lowest BCUT2D eigenvalue weighted by molar-refractivity contribution is -0.119. The molecule has 27 heavy (non-hydrogen) atoms. The largest absolute Gasteiger partial charge is 0.378 e. The highest BCUT2D eigenvalue weighted by molar-refractivity contribution is 5.97. The van der Waals surface area contributed by atoms with Crippen LogP contribution in [0, 0.1) is 0 Å². The van der Waals surface area contributed by atoms with Crippen molar-refractivity contribution in [1.82, 2.24) is 24.3 Å². The number of fused-ring (bicyclic) bond motifs is 1.